The fourth-order valence-corrected chi connectivity index (χ4v) is 3.70. The highest BCUT2D eigenvalue weighted by molar-refractivity contribution is 4.96. The second-order valence-electron chi connectivity index (χ2n) is 6.09. The average molecular weight is 240 g/mol. The molecule has 0 saturated carbocycles. The zero-order chi connectivity index (χ0) is 12.3. The number of nitrogens with zero attached hydrogens (tertiary/aromatic N) is 2. The fourth-order valence-electron chi connectivity index (χ4n) is 3.70. The van der Waals surface area contributed by atoms with E-state index in [1.165, 1.54) is 56.7 Å². The predicted octanol–water partition coefficient (Wildman–Crippen LogP) is 2.74. The Kier molecular flexibility index (Phi) is 4.45. The summed E-state index contributed by atoms with van der Waals surface area (Å²) < 4.78 is 0. The van der Waals surface area contributed by atoms with Crippen molar-refractivity contribution in [1.82, 2.24) is 9.96 Å². The Morgan fingerprint density at radius 1 is 1.06 bits per heavy atom. The lowest BCUT2D eigenvalue weighted by atomic mass is 9.86. The molecule has 3 heteroatoms. The third kappa shape index (κ3) is 3.01. The molecule has 2 aliphatic heterocycles. The van der Waals surface area contributed by atoms with Gasteiger partial charge in [0, 0.05) is 31.1 Å². The highest BCUT2D eigenvalue weighted by Crippen LogP contribution is 2.40. The van der Waals surface area contributed by atoms with E-state index in [2.05, 4.69) is 18.7 Å². The number of hydroxylamine groups is 2. The molecule has 100 valence electrons. The molecular weight excluding hydrogens is 212 g/mol. The summed E-state index contributed by atoms with van der Waals surface area (Å²) in [5, 5.41) is 11.1. The molecular formula is C14H28N2O. The van der Waals surface area contributed by atoms with Crippen LogP contribution in [0.1, 0.15) is 52.4 Å². The summed E-state index contributed by atoms with van der Waals surface area (Å²) in [4.78, 5) is 2.70. The van der Waals surface area contributed by atoms with Crippen LogP contribution in [0.25, 0.3) is 0 Å². The summed E-state index contributed by atoms with van der Waals surface area (Å²) in [5.74, 6) is 0. The van der Waals surface area contributed by atoms with Crippen molar-refractivity contribution in [2.45, 2.75) is 58.4 Å². The van der Waals surface area contributed by atoms with Crippen LogP contribution >= 0.6 is 0 Å². The highest BCUT2D eigenvalue weighted by atomic mass is 16.5. The van der Waals surface area contributed by atoms with Gasteiger partial charge in [0.15, 0.2) is 0 Å². The van der Waals surface area contributed by atoms with Crippen molar-refractivity contribution in [2.75, 3.05) is 26.2 Å². The minimum absolute atomic E-state index is 0.411. The van der Waals surface area contributed by atoms with Gasteiger partial charge >= 0.3 is 0 Å². The Labute approximate surface area is 106 Å². The lowest BCUT2D eigenvalue weighted by Gasteiger charge is -2.29. The topological polar surface area (TPSA) is 26.7 Å². The molecule has 1 unspecified atom stereocenters. The Morgan fingerprint density at radius 3 is 2.24 bits per heavy atom. The first-order valence-electron chi connectivity index (χ1n) is 7.37. The van der Waals surface area contributed by atoms with Crippen LogP contribution in [0.5, 0.6) is 0 Å². The molecule has 2 heterocycles. The maximum Gasteiger partial charge on any atom is 0.0307 e. The van der Waals surface area contributed by atoms with Crippen molar-refractivity contribution in [3.05, 3.63) is 0 Å². The first-order valence-corrected chi connectivity index (χ1v) is 7.37. The SMILES string of the molecule is CCCC(CCC)N1CCC2(CCN(O)C2)C1. The average Bonchev–Trinajstić information content (AvgIpc) is 2.87. The molecule has 17 heavy (non-hydrogen) atoms. The van der Waals surface area contributed by atoms with Gasteiger partial charge in [-0.15, -0.1) is 0 Å². The summed E-state index contributed by atoms with van der Waals surface area (Å²) in [6, 6.07) is 0.789. The maximum atomic E-state index is 9.60. The van der Waals surface area contributed by atoms with Crippen LogP contribution < -0.4 is 0 Å². The van der Waals surface area contributed by atoms with Crippen LogP contribution in [0.15, 0.2) is 0 Å². The molecule has 2 rings (SSSR count). The first-order chi connectivity index (χ1) is 8.19. The Hall–Kier alpha value is -0.120. The lowest BCUT2D eigenvalue weighted by Crippen LogP contribution is -2.36. The van der Waals surface area contributed by atoms with Crippen LogP contribution in [0, 0.1) is 5.41 Å². The zero-order valence-electron chi connectivity index (χ0n) is 11.5. The van der Waals surface area contributed by atoms with E-state index in [-0.39, 0.29) is 0 Å². The quantitative estimate of drug-likeness (QED) is 0.800. The van der Waals surface area contributed by atoms with E-state index in [0.717, 1.165) is 19.1 Å². The van der Waals surface area contributed by atoms with Gasteiger partial charge in [-0.1, -0.05) is 26.7 Å². The summed E-state index contributed by atoms with van der Waals surface area (Å²) in [6.07, 6.45) is 7.74. The van der Waals surface area contributed by atoms with Crippen LogP contribution in [0.4, 0.5) is 0 Å². The van der Waals surface area contributed by atoms with Gasteiger partial charge in [0.2, 0.25) is 0 Å². The molecule has 3 nitrogen and oxygen atoms in total. The molecule has 0 radical (unpaired) electrons. The van der Waals surface area contributed by atoms with Crippen molar-refractivity contribution in [2.24, 2.45) is 5.41 Å². The van der Waals surface area contributed by atoms with E-state index in [1.54, 1.807) is 0 Å². The molecule has 0 bridgehead atoms. The second kappa shape index (κ2) is 5.68. The van der Waals surface area contributed by atoms with Crippen molar-refractivity contribution >= 4 is 0 Å². The Bertz CT molecular complexity index is 240. The molecule has 2 aliphatic rings. The molecule has 0 aromatic rings. The van der Waals surface area contributed by atoms with E-state index in [9.17, 15) is 5.21 Å². The summed E-state index contributed by atoms with van der Waals surface area (Å²) in [5.41, 5.74) is 0.411. The molecule has 1 atom stereocenters. The Morgan fingerprint density at radius 2 is 1.71 bits per heavy atom. The van der Waals surface area contributed by atoms with Gasteiger partial charge in [-0.05, 0) is 32.2 Å². The van der Waals surface area contributed by atoms with E-state index in [0.29, 0.717) is 5.41 Å². The van der Waals surface area contributed by atoms with Crippen LogP contribution in [0.3, 0.4) is 0 Å². The number of hydrogen-bond acceptors (Lipinski definition) is 3. The fraction of sp³-hybridized carbons (Fsp3) is 1.00. The van der Waals surface area contributed by atoms with Crippen molar-refractivity contribution < 1.29 is 5.21 Å². The lowest BCUT2D eigenvalue weighted by molar-refractivity contribution is -0.0769. The normalized spacial score (nSPS) is 31.1. The van der Waals surface area contributed by atoms with Crippen molar-refractivity contribution in [1.29, 1.82) is 0 Å². The minimum atomic E-state index is 0.411. The Balaban J connectivity index is 1.91. The standard InChI is InChI=1S/C14H28N2O/c1-3-5-13(6-4-2)15-9-7-14(11-15)8-10-16(17)12-14/h13,17H,3-12H2,1-2H3. The molecule has 2 saturated heterocycles. The van der Waals surface area contributed by atoms with Gasteiger partial charge in [0.05, 0.1) is 0 Å². The highest BCUT2D eigenvalue weighted by Gasteiger charge is 2.44. The third-order valence-corrected chi connectivity index (χ3v) is 4.65. The van der Waals surface area contributed by atoms with Gasteiger partial charge < -0.3 is 5.21 Å². The van der Waals surface area contributed by atoms with Gasteiger partial charge in [-0.3, -0.25) is 4.90 Å². The third-order valence-electron chi connectivity index (χ3n) is 4.65. The maximum absolute atomic E-state index is 9.60. The zero-order valence-corrected chi connectivity index (χ0v) is 11.5. The van der Waals surface area contributed by atoms with E-state index in [4.69, 9.17) is 0 Å². The van der Waals surface area contributed by atoms with E-state index >= 15 is 0 Å². The van der Waals surface area contributed by atoms with Crippen LogP contribution in [-0.2, 0) is 0 Å². The molecule has 0 aromatic carbocycles. The number of hydrogen-bond donors (Lipinski definition) is 1. The van der Waals surface area contributed by atoms with Crippen LogP contribution in [-0.4, -0.2) is 47.4 Å². The summed E-state index contributed by atoms with van der Waals surface area (Å²) in [6.45, 7) is 8.82. The van der Waals surface area contributed by atoms with E-state index in [1.807, 2.05) is 0 Å². The monoisotopic (exact) mass is 240 g/mol. The number of likely N-dealkylation sites (tertiary alicyclic amines) is 1. The summed E-state index contributed by atoms with van der Waals surface area (Å²) in [7, 11) is 0. The number of rotatable bonds is 5. The molecule has 1 N–H and O–H groups in total. The molecule has 0 aliphatic carbocycles. The smallest absolute Gasteiger partial charge is 0.0307 e. The van der Waals surface area contributed by atoms with Gasteiger partial charge in [0.1, 0.15) is 0 Å². The molecule has 2 fully saturated rings. The first kappa shape index (κ1) is 13.3. The van der Waals surface area contributed by atoms with Gasteiger partial charge in [-0.2, -0.15) is 5.06 Å². The predicted molar refractivity (Wildman–Crippen MR) is 70.2 cm³/mol. The van der Waals surface area contributed by atoms with Crippen molar-refractivity contribution in [3.63, 3.8) is 0 Å². The van der Waals surface area contributed by atoms with Gasteiger partial charge in [-0.25, -0.2) is 0 Å². The molecule has 1 spiro atoms. The molecule has 0 amide bonds. The summed E-state index contributed by atoms with van der Waals surface area (Å²) >= 11 is 0. The van der Waals surface area contributed by atoms with Crippen LogP contribution in [0.2, 0.25) is 0 Å². The minimum Gasteiger partial charge on any atom is -0.314 e. The van der Waals surface area contributed by atoms with E-state index < -0.39 is 0 Å². The second-order valence-corrected chi connectivity index (χ2v) is 6.09. The van der Waals surface area contributed by atoms with Crippen molar-refractivity contribution in [3.8, 4) is 0 Å². The molecule has 0 aromatic heterocycles. The van der Waals surface area contributed by atoms with Gasteiger partial charge in [0.25, 0.3) is 0 Å². The largest absolute Gasteiger partial charge is 0.314 e.